The summed E-state index contributed by atoms with van der Waals surface area (Å²) >= 11 is 6.51. The smallest absolute Gasteiger partial charge is 0.246 e. The number of halogens is 1. The Kier molecular flexibility index (Phi) is 7.92. The summed E-state index contributed by atoms with van der Waals surface area (Å²) in [6.07, 6.45) is 4.16. The highest BCUT2D eigenvalue weighted by atomic mass is 35.5. The number of nitrogens with zero attached hydrogens (tertiary/aromatic N) is 2. The molecule has 7 nitrogen and oxygen atoms in total. The van der Waals surface area contributed by atoms with E-state index in [1.54, 1.807) is 19.2 Å². The molecule has 0 spiro atoms. The zero-order valence-corrected chi connectivity index (χ0v) is 21.6. The van der Waals surface area contributed by atoms with Gasteiger partial charge in [0.05, 0.1) is 20.3 Å². The fourth-order valence-electron chi connectivity index (χ4n) is 4.64. The summed E-state index contributed by atoms with van der Waals surface area (Å²) in [4.78, 5) is 2.52. The molecule has 2 aromatic carbocycles. The van der Waals surface area contributed by atoms with E-state index in [0.717, 1.165) is 48.8 Å². The van der Waals surface area contributed by atoms with Gasteiger partial charge in [0.1, 0.15) is 22.1 Å². The molecule has 0 atom stereocenters. The van der Waals surface area contributed by atoms with Gasteiger partial charge in [-0.2, -0.15) is 0 Å². The van der Waals surface area contributed by atoms with Crippen LogP contribution in [0.1, 0.15) is 31.2 Å². The van der Waals surface area contributed by atoms with Crippen molar-refractivity contribution in [2.24, 2.45) is 5.92 Å². The lowest BCUT2D eigenvalue weighted by Crippen LogP contribution is -2.41. The van der Waals surface area contributed by atoms with Crippen LogP contribution in [0.2, 0.25) is 5.02 Å². The molecule has 186 valence electrons. The highest BCUT2D eigenvalue weighted by Crippen LogP contribution is 2.36. The third-order valence-corrected chi connectivity index (χ3v) is 8.88. The van der Waals surface area contributed by atoms with Crippen LogP contribution in [-0.2, 0) is 16.6 Å². The molecule has 1 aliphatic carbocycles. The maximum atomic E-state index is 13.2. The van der Waals surface area contributed by atoms with Gasteiger partial charge in [-0.25, -0.2) is 12.7 Å². The first kappa shape index (κ1) is 25.1. The van der Waals surface area contributed by atoms with Gasteiger partial charge in [-0.05, 0) is 74.5 Å². The van der Waals surface area contributed by atoms with E-state index in [1.165, 1.54) is 37.4 Å². The van der Waals surface area contributed by atoms with Crippen molar-refractivity contribution < 1.29 is 22.6 Å². The van der Waals surface area contributed by atoms with Crippen molar-refractivity contribution in [3.63, 3.8) is 0 Å². The maximum Gasteiger partial charge on any atom is 0.246 e. The summed E-state index contributed by atoms with van der Waals surface area (Å²) in [7, 11) is 0.845. The fourth-order valence-corrected chi connectivity index (χ4v) is 6.28. The van der Waals surface area contributed by atoms with Crippen LogP contribution in [0, 0.1) is 5.92 Å². The standard InChI is InChI=1S/C25H33ClN2O5S/c1-27(34(29,30)25-15-20(31-2)8-9-24(25)32-3)16-18-12-22(13-18)33-21-7-6-19(23(26)14-21)17-28-10-4-5-11-28/h6-9,14-15,18,22H,4-5,10-13,16-17H2,1-3H3. The molecule has 0 radical (unpaired) electrons. The van der Waals surface area contributed by atoms with E-state index < -0.39 is 10.0 Å². The molecule has 2 aromatic rings. The zero-order chi connectivity index (χ0) is 24.3. The molecule has 1 heterocycles. The minimum atomic E-state index is -3.72. The number of hydrogen-bond donors (Lipinski definition) is 0. The summed E-state index contributed by atoms with van der Waals surface area (Å²) < 4.78 is 44.3. The van der Waals surface area contributed by atoms with Crippen LogP contribution in [0.5, 0.6) is 17.2 Å². The minimum Gasteiger partial charge on any atom is -0.497 e. The first-order valence-corrected chi connectivity index (χ1v) is 13.5. The van der Waals surface area contributed by atoms with Crippen molar-refractivity contribution in [1.29, 1.82) is 0 Å². The Morgan fingerprint density at radius 2 is 1.74 bits per heavy atom. The molecule has 4 rings (SSSR count). The van der Waals surface area contributed by atoms with Gasteiger partial charge in [0.2, 0.25) is 10.0 Å². The van der Waals surface area contributed by atoms with Gasteiger partial charge in [0.15, 0.2) is 0 Å². The van der Waals surface area contributed by atoms with Gasteiger partial charge in [0.25, 0.3) is 0 Å². The average molecular weight is 509 g/mol. The summed E-state index contributed by atoms with van der Waals surface area (Å²) in [5.74, 6) is 1.76. The molecule has 1 aliphatic heterocycles. The quantitative estimate of drug-likeness (QED) is 0.473. The van der Waals surface area contributed by atoms with E-state index in [-0.39, 0.29) is 16.9 Å². The second-order valence-electron chi connectivity index (χ2n) is 9.12. The van der Waals surface area contributed by atoms with E-state index in [2.05, 4.69) is 4.90 Å². The van der Waals surface area contributed by atoms with Crippen LogP contribution >= 0.6 is 11.6 Å². The van der Waals surface area contributed by atoms with Crippen LogP contribution in [0.15, 0.2) is 41.3 Å². The first-order valence-electron chi connectivity index (χ1n) is 11.7. The topological polar surface area (TPSA) is 68.3 Å². The van der Waals surface area contributed by atoms with Crippen molar-refractivity contribution >= 4 is 21.6 Å². The Balaban J connectivity index is 1.30. The number of benzene rings is 2. The van der Waals surface area contributed by atoms with E-state index in [1.807, 2.05) is 18.2 Å². The van der Waals surface area contributed by atoms with Crippen molar-refractivity contribution in [3.8, 4) is 17.2 Å². The van der Waals surface area contributed by atoms with Crippen LogP contribution in [0.25, 0.3) is 0 Å². The van der Waals surface area contributed by atoms with Gasteiger partial charge in [-0.3, -0.25) is 4.90 Å². The number of sulfonamides is 1. The minimum absolute atomic E-state index is 0.0629. The Morgan fingerprint density at radius 1 is 1.03 bits per heavy atom. The van der Waals surface area contributed by atoms with E-state index in [4.69, 9.17) is 25.8 Å². The lowest BCUT2D eigenvalue weighted by Gasteiger charge is -2.37. The lowest BCUT2D eigenvalue weighted by atomic mass is 9.82. The normalized spacial score (nSPS) is 20.9. The third-order valence-electron chi connectivity index (χ3n) is 6.69. The number of ether oxygens (including phenoxy) is 3. The maximum absolute atomic E-state index is 13.2. The summed E-state index contributed by atoms with van der Waals surface area (Å²) in [5.41, 5.74) is 1.13. The largest absolute Gasteiger partial charge is 0.497 e. The summed E-state index contributed by atoms with van der Waals surface area (Å²) in [6, 6.07) is 10.7. The Morgan fingerprint density at radius 3 is 2.38 bits per heavy atom. The summed E-state index contributed by atoms with van der Waals surface area (Å²) in [6.45, 7) is 3.56. The highest BCUT2D eigenvalue weighted by Gasteiger charge is 2.35. The first-order chi connectivity index (χ1) is 16.3. The predicted octanol–water partition coefficient (Wildman–Crippen LogP) is 4.43. The van der Waals surface area contributed by atoms with Crippen molar-refractivity contribution in [1.82, 2.24) is 9.21 Å². The van der Waals surface area contributed by atoms with Crippen LogP contribution in [-0.4, -0.2) is 64.6 Å². The van der Waals surface area contributed by atoms with Gasteiger partial charge in [0, 0.05) is 31.2 Å². The zero-order valence-electron chi connectivity index (χ0n) is 20.0. The molecular weight excluding hydrogens is 476 g/mol. The van der Waals surface area contributed by atoms with Crippen molar-refractivity contribution in [2.45, 2.75) is 43.2 Å². The molecule has 0 bridgehead atoms. The Labute approximate surface area is 207 Å². The Bertz CT molecular complexity index is 1100. The van der Waals surface area contributed by atoms with Crippen LogP contribution in [0.4, 0.5) is 0 Å². The third kappa shape index (κ3) is 5.62. The predicted molar refractivity (Wildman–Crippen MR) is 132 cm³/mol. The fraction of sp³-hybridized carbons (Fsp3) is 0.520. The van der Waals surface area contributed by atoms with Crippen LogP contribution < -0.4 is 14.2 Å². The highest BCUT2D eigenvalue weighted by molar-refractivity contribution is 7.89. The van der Waals surface area contributed by atoms with Crippen molar-refractivity contribution in [3.05, 3.63) is 47.0 Å². The van der Waals surface area contributed by atoms with E-state index in [0.29, 0.717) is 18.0 Å². The van der Waals surface area contributed by atoms with E-state index >= 15 is 0 Å². The number of rotatable bonds is 10. The van der Waals surface area contributed by atoms with Gasteiger partial charge >= 0.3 is 0 Å². The second-order valence-corrected chi connectivity index (χ2v) is 11.5. The van der Waals surface area contributed by atoms with Gasteiger partial charge < -0.3 is 14.2 Å². The second kappa shape index (κ2) is 10.7. The number of likely N-dealkylation sites (tertiary alicyclic amines) is 1. The molecule has 0 N–H and O–H groups in total. The summed E-state index contributed by atoms with van der Waals surface area (Å²) in [5, 5.41) is 0.735. The lowest BCUT2D eigenvalue weighted by molar-refractivity contribution is 0.0575. The molecule has 2 fully saturated rings. The molecule has 34 heavy (non-hydrogen) atoms. The molecule has 9 heteroatoms. The monoisotopic (exact) mass is 508 g/mol. The molecule has 1 saturated heterocycles. The molecule has 2 aliphatic rings. The molecule has 1 saturated carbocycles. The average Bonchev–Trinajstić information content (AvgIpc) is 3.32. The van der Waals surface area contributed by atoms with Crippen LogP contribution in [0.3, 0.4) is 0 Å². The van der Waals surface area contributed by atoms with Gasteiger partial charge in [-0.1, -0.05) is 17.7 Å². The molecule has 0 unspecified atom stereocenters. The molecule has 0 aromatic heterocycles. The molecule has 0 amide bonds. The number of methoxy groups -OCH3 is 2. The van der Waals surface area contributed by atoms with Crippen molar-refractivity contribution in [2.75, 3.05) is 40.9 Å². The van der Waals surface area contributed by atoms with Gasteiger partial charge in [-0.15, -0.1) is 0 Å². The number of hydrogen-bond acceptors (Lipinski definition) is 6. The van der Waals surface area contributed by atoms with E-state index in [9.17, 15) is 8.42 Å². The SMILES string of the molecule is COc1ccc(OC)c(S(=O)(=O)N(C)CC2CC(Oc3ccc(CN4CCCC4)c(Cl)c3)C2)c1. The Hall–Kier alpha value is -2.00. The molecular formula is C25H33ClN2O5S.